The van der Waals surface area contributed by atoms with Crippen LogP contribution in [-0.4, -0.2) is 31.7 Å². The Hall–Kier alpha value is -0.590. The Morgan fingerprint density at radius 1 is 1.31 bits per heavy atom. The van der Waals surface area contributed by atoms with Gasteiger partial charge in [-0.15, -0.1) is 0 Å². The van der Waals surface area contributed by atoms with Crippen LogP contribution in [-0.2, 0) is 9.63 Å². The van der Waals surface area contributed by atoms with Crippen LogP contribution in [0.4, 0.5) is 0 Å². The number of carbonyl (C=O) groups excluding carboxylic acids is 1. The number of hydrogen-bond donors (Lipinski definition) is 0. The summed E-state index contributed by atoms with van der Waals surface area (Å²) in [5.74, 6) is 0.359. The van der Waals surface area contributed by atoms with Gasteiger partial charge in [-0.05, 0) is 18.2 Å². The van der Waals surface area contributed by atoms with Crippen LogP contribution in [0.25, 0.3) is 0 Å². The van der Waals surface area contributed by atoms with Gasteiger partial charge in [0.05, 0.1) is 7.11 Å². The normalized spacial score (nSPS) is 10.0. The molecule has 0 aliphatic rings. The van der Waals surface area contributed by atoms with Crippen LogP contribution in [0.3, 0.4) is 0 Å². The smallest absolute Gasteiger partial charge is 0.283 e. The summed E-state index contributed by atoms with van der Waals surface area (Å²) in [6.07, 6.45) is 0. The van der Waals surface area contributed by atoms with Crippen molar-refractivity contribution in [2.24, 2.45) is 0 Å². The average molecular weight is 353 g/mol. The third kappa shape index (κ3) is 4.11. The maximum atomic E-state index is 11.4. The van der Waals surface area contributed by atoms with Crippen LogP contribution >= 0.6 is 31.9 Å². The summed E-state index contributed by atoms with van der Waals surface area (Å²) >= 11 is 6.67. The molecule has 88 valence electrons. The highest BCUT2D eigenvalue weighted by atomic mass is 79.9. The Morgan fingerprint density at radius 3 is 2.38 bits per heavy atom. The van der Waals surface area contributed by atoms with E-state index in [1.807, 2.05) is 6.07 Å². The average Bonchev–Trinajstić information content (AvgIpc) is 2.23. The fraction of sp³-hybridized carbons (Fsp3) is 0.300. The summed E-state index contributed by atoms with van der Waals surface area (Å²) in [4.78, 5) is 16.1. The first-order chi connectivity index (χ1) is 7.52. The summed E-state index contributed by atoms with van der Waals surface area (Å²) in [6.45, 7) is -0.0623. The minimum atomic E-state index is -0.251. The van der Waals surface area contributed by atoms with E-state index in [2.05, 4.69) is 31.9 Å². The molecule has 0 N–H and O–H groups in total. The molecule has 0 bridgehead atoms. The molecule has 0 radical (unpaired) electrons. The van der Waals surface area contributed by atoms with Crippen molar-refractivity contribution in [3.63, 3.8) is 0 Å². The number of benzene rings is 1. The van der Waals surface area contributed by atoms with E-state index in [-0.39, 0.29) is 12.5 Å². The monoisotopic (exact) mass is 351 g/mol. The van der Waals surface area contributed by atoms with E-state index in [0.29, 0.717) is 5.75 Å². The summed E-state index contributed by atoms with van der Waals surface area (Å²) in [7, 11) is 2.95. The minimum absolute atomic E-state index is 0.0623. The summed E-state index contributed by atoms with van der Waals surface area (Å²) in [5.41, 5.74) is 0. The highest BCUT2D eigenvalue weighted by molar-refractivity contribution is 9.11. The Morgan fingerprint density at radius 2 is 1.88 bits per heavy atom. The second-order valence-electron chi connectivity index (χ2n) is 2.97. The number of ether oxygens (including phenoxy) is 1. The van der Waals surface area contributed by atoms with Crippen molar-refractivity contribution in [2.45, 2.75) is 0 Å². The van der Waals surface area contributed by atoms with Crippen molar-refractivity contribution in [3.05, 3.63) is 27.1 Å². The zero-order valence-corrected chi connectivity index (χ0v) is 12.0. The zero-order chi connectivity index (χ0) is 12.1. The molecule has 1 rings (SSSR count). The quantitative estimate of drug-likeness (QED) is 0.782. The lowest BCUT2D eigenvalue weighted by atomic mass is 10.3. The van der Waals surface area contributed by atoms with Crippen molar-refractivity contribution in [3.8, 4) is 5.75 Å². The predicted molar refractivity (Wildman–Crippen MR) is 67.1 cm³/mol. The van der Waals surface area contributed by atoms with Crippen LogP contribution in [0.5, 0.6) is 5.75 Å². The van der Waals surface area contributed by atoms with Gasteiger partial charge in [0.25, 0.3) is 5.91 Å². The highest BCUT2D eigenvalue weighted by Gasteiger charge is 2.09. The summed E-state index contributed by atoms with van der Waals surface area (Å²) < 4.78 is 7.08. The Kier molecular flexibility index (Phi) is 5.24. The standard InChI is InChI=1S/C10H11Br2NO3/c1-13(15-2)10(14)6-16-9-4-7(11)3-8(12)5-9/h3-5H,6H2,1-2H3. The molecule has 0 aliphatic heterocycles. The van der Waals surface area contributed by atoms with Gasteiger partial charge in [0, 0.05) is 16.0 Å². The van der Waals surface area contributed by atoms with Crippen LogP contribution in [0.1, 0.15) is 0 Å². The highest BCUT2D eigenvalue weighted by Crippen LogP contribution is 2.24. The van der Waals surface area contributed by atoms with E-state index in [1.165, 1.54) is 14.2 Å². The molecule has 0 unspecified atom stereocenters. The number of hydrogen-bond acceptors (Lipinski definition) is 3. The second kappa shape index (κ2) is 6.22. The SMILES string of the molecule is CON(C)C(=O)COc1cc(Br)cc(Br)c1. The van der Waals surface area contributed by atoms with Gasteiger partial charge >= 0.3 is 0 Å². The number of halogens is 2. The van der Waals surface area contributed by atoms with Crippen molar-refractivity contribution in [2.75, 3.05) is 20.8 Å². The molecular weight excluding hydrogens is 342 g/mol. The van der Waals surface area contributed by atoms with Crippen molar-refractivity contribution in [1.29, 1.82) is 0 Å². The number of carbonyl (C=O) groups is 1. The van der Waals surface area contributed by atoms with E-state index in [0.717, 1.165) is 14.0 Å². The van der Waals surface area contributed by atoms with Crippen LogP contribution < -0.4 is 4.74 Å². The van der Waals surface area contributed by atoms with Gasteiger partial charge in [0.15, 0.2) is 6.61 Å². The third-order valence-corrected chi connectivity index (χ3v) is 2.74. The van der Waals surface area contributed by atoms with Crippen LogP contribution in [0.2, 0.25) is 0 Å². The fourth-order valence-electron chi connectivity index (χ4n) is 0.950. The summed E-state index contributed by atoms with van der Waals surface area (Å²) in [6, 6.07) is 5.45. The molecule has 1 aromatic carbocycles. The molecule has 4 nitrogen and oxygen atoms in total. The lowest BCUT2D eigenvalue weighted by Gasteiger charge is -2.14. The maximum Gasteiger partial charge on any atom is 0.283 e. The largest absolute Gasteiger partial charge is 0.484 e. The van der Waals surface area contributed by atoms with Gasteiger partial charge in [-0.3, -0.25) is 9.63 Å². The molecule has 0 heterocycles. The van der Waals surface area contributed by atoms with Gasteiger partial charge in [-0.25, -0.2) is 5.06 Å². The predicted octanol–water partition coefficient (Wildman–Crippen LogP) is 2.61. The first kappa shape index (κ1) is 13.5. The molecule has 1 amide bonds. The minimum Gasteiger partial charge on any atom is -0.484 e. The lowest BCUT2D eigenvalue weighted by Crippen LogP contribution is -2.30. The van der Waals surface area contributed by atoms with Gasteiger partial charge in [-0.1, -0.05) is 31.9 Å². The van der Waals surface area contributed by atoms with Crippen molar-refractivity contribution in [1.82, 2.24) is 5.06 Å². The number of nitrogens with zero attached hydrogens (tertiary/aromatic N) is 1. The van der Waals surface area contributed by atoms with E-state index in [4.69, 9.17) is 9.57 Å². The number of amides is 1. The molecule has 16 heavy (non-hydrogen) atoms. The van der Waals surface area contributed by atoms with Gasteiger partial charge < -0.3 is 4.74 Å². The van der Waals surface area contributed by atoms with E-state index in [9.17, 15) is 4.79 Å². The molecule has 0 saturated heterocycles. The lowest BCUT2D eigenvalue weighted by molar-refractivity contribution is -0.170. The third-order valence-electron chi connectivity index (χ3n) is 1.82. The van der Waals surface area contributed by atoms with Gasteiger partial charge in [0.1, 0.15) is 5.75 Å². The van der Waals surface area contributed by atoms with Crippen LogP contribution in [0, 0.1) is 0 Å². The number of hydroxylamine groups is 2. The molecule has 0 aromatic heterocycles. The second-order valence-corrected chi connectivity index (χ2v) is 4.80. The molecule has 0 atom stereocenters. The fourth-order valence-corrected chi connectivity index (χ4v) is 2.20. The zero-order valence-electron chi connectivity index (χ0n) is 8.87. The van der Waals surface area contributed by atoms with Crippen LogP contribution in [0.15, 0.2) is 27.1 Å². The summed E-state index contributed by atoms with van der Waals surface area (Å²) in [5, 5.41) is 1.12. The topological polar surface area (TPSA) is 38.8 Å². The molecular formula is C10H11Br2NO3. The molecule has 6 heteroatoms. The first-order valence-corrected chi connectivity index (χ1v) is 6.01. The Labute approximate surface area is 111 Å². The first-order valence-electron chi connectivity index (χ1n) is 4.42. The molecule has 0 fully saturated rings. The van der Waals surface area contributed by atoms with E-state index >= 15 is 0 Å². The molecule has 0 saturated carbocycles. The van der Waals surface area contributed by atoms with Crippen molar-refractivity contribution < 1.29 is 14.4 Å². The number of likely N-dealkylation sites (N-methyl/N-ethyl adjacent to an activating group) is 1. The molecule has 0 spiro atoms. The van der Waals surface area contributed by atoms with Crippen molar-refractivity contribution >= 4 is 37.8 Å². The van der Waals surface area contributed by atoms with E-state index < -0.39 is 0 Å². The van der Waals surface area contributed by atoms with E-state index in [1.54, 1.807) is 12.1 Å². The van der Waals surface area contributed by atoms with Gasteiger partial charge in [0.2, 0.25) is 0 Å². The number of rotatable bonds is 4. The maximum absolute atomic E-state index is 11.4. The Bertz CT molecular complexity index is 364. The van der Waals surface area contributed by atoms with Gasteiger partial charge in [-0.2, -0.15) is 0 Å². The Balaban J connectivity index is 2.58. The molecule has 0 aliphatic carbocycles. The molecule has 1 aromatic rings.